The fourth-order valence-corrected chi connectivity index (χ4v) is 5.30. The number of halogens is 3. The van der Waals surface area contributed by atoms with Crippen LogP contribution in [0.4, 0.5) is 19.0 Å². The number of rotatable bonds is 1. The number of nitrogen functional groups attached to an aromatic ring is 1. The maximum atomic E-state index is 12.2. The first-order valence-electron chi connectivity index (χ1n) is 11.0. The number of aromatic amines is 1. The quantitative estimate of drug-likeness (QED) is 0.593. The zero-order valence-corrected chi connectivity index (χ0v) is 17.6. The molecule has 2 aromatic heterocycles. The second kappa shape index (κ2) is 8.37. The summed E-state index contributed by atoms with van der Waals surface area (Å²) in [5.74, 6) is 0.0294. The van der Waals surface area contributed by atoms with Crippen molar-refractivity contribution in [2.45, 2.75) is 56.4 Å². The van der Waals surface area contributed by atoms with Gasteiger partial charge in [-0.05, 0) is 49.3 Å². The molecule has 0 spiro atoms. The molecule has 2 aliphatic heterocycles. The zero-order valence-electron chi connectivity index (χ0n) is 17.6. The number of hydrogen-bond donors (Lipinski definition) is 2. The van der Waals surface area contributed by atoms with Crippen LogP contribution in [0.25, 0.3) is 11.0 Å². The number of aryl methyl sites for hydroxylation is 1. The number of fused-ring (bicyclic) bond motifs is 4. The van der Waals surface area contributed by atoms with Crippen molar-refractivity contribution in [2.75, 3.05) is 18.9 Å². The summed E-state index contributed by atoms with van der Waals surface area (Å²) >= 11 is 0. The molecule has 1 aromatic carbocycles. The van der Waals surface area contributed by atoms with E-state index in [1.54, 1.807) is 11.1 Å². The topological polar surface area (TPSA) is 80.1 Å². The summed E-state index contributed by atoms with van der Waals surface area (Å²) in [4.78, 5) is 12.1. The van der Waals surface area contributed by atoms with Crippen molar-refractivity contribution in [1.29, 1.82) is 0 Å². The van der Waals surface area contributed by atoms with Gasteiger partial charge >= 0.3 is 6.18 Å². The Morgan fingerprint density at radius 2 is 1.72 bits per heavy atom. The van der Waals surface area contributed by atoms with E-state index >= 15 is 0 Å². The van der Waals surface area contributed by atoms with Crippen LogP contribution < -0.4 is 5.73 Å². The molecular weight excluding hydrogens is 419 g/mol. The van der Waals surface area contributed by atoms with Crippen molar-refractivity contribution in [2.24, 2.45) is 0 Å². The molecule has 170 valence electrons. The van der Waals surface area contributed by atoms with E-state index in [1.807, 2.05) is 0 Å². The molecule has 2 bridgehead atoms. The molecule has 9 heteroatoms. The van der Waals surface area contributed by atoms with Gasteiger partial charge in [-0.1, -0.05) is 24.3 Å². The summed E-state index contributed by atoms with van der Waals surface area (Å²) in [7, 11) is 0. The van der Waals surface area contributed by atoms with E-state index in [-0.39, 0.29) is 16.9 Å². The molecule has 2 saturated heterocycles. The van der Waals surface area contributed by atoms with Gasteiger partial charge in [0.05, 0.1) is 18.6 Å². The largest absolute Gasteiger partial charge is 0.431 e. The number of morpholine rings is 1. The van der Waals surface area contributed by atoms with Gasteiger partial charge in [0, 0.05) is 18.1 Å². The molecule has 0 radical (unpaired) electrons. The predicted octanol–water partition coefficient (Wildman–Crippen LogP) is 3.97. The number of nitrogens with two attached hydrogens (primary N) is 1. The number of benzene rings is 1. The third kappa shape index (κ3) is 4.06. The molecule has 6 rings (SSSR count). The molecule has 32 heavy (non-hydrogen) atoms. The first-order valence-corrected chi connectivity index (χ1v) is 11.0. The second-order valence-corrected chi connectivity index (χ2v) is 8.74. The second-order valence-electron chi connectivity index (χ2n) is 8.74. The van der Waals surface area contributed by atoms with Gasteiger partial charge in [-0.15, -0.1) is 0 Å². The SMILES string of the molecule is Nc1ncnc2[nH]c(C(F)(F)F)cc12.c1ccc2c(c1)CCC(N1C3CCC1COC3)C2. The number of anilines is 1. The minimum absolute atomic E-state index is 0.0294. The van der Waals surface area contributed by atoms with Gasteiger partial charge in [-0.3, -0.25) is 4.90 Å². The monoisotopic (exact) mass is 445 g/mol. The van der Waals surface area contributed by atoms with Crippen molar-refractivity contribution in [3.8, 4) is 0 Å². The first-order chi connectivity index (χ1) is 15.4. The summed E-state index contributed by atoms with van der Waals surface area (Å²) in [6, 6.07) is 12.1. The highest BCUT2D eigenvalue weighted by molar-refractivity contribution is 5.86. The Hall–Kier alpha value is -2.65. The van der Waals surface area contributed by atoms with Gasteiger partial charge in [-0.2, -0.15) is 13.2 Å². The number of H-pyrrole nitrogens is 1. The Balaban J connectivity index is 0.000000140. The molecule has 6 nitrogen and oxygen atoms in total. The van der Waals surface area contributed by atoms with E-state index in [4.69, 9.17) is 10.5 Å². The Morgan fingerprint density at radius 1 is 1.00 bits per heavy atom. The average Bonchev–Trinajstić information content (AvgIpc) is 3.33. The van der Waals surface area contributed by atoms with Crippen LogP contribution in [0.15, 0.2) is 36.7 Å². The molecule has 0 saturated carbocycles. The molecular formula is C23H26F3N5O. The van der Waals surface area contributed by atoms with E-state index in [1.165, 1.54) is 32.1 Å². The molecule has 3 atom stereocenters. The minimum Gasteiger partial charge on any atom is -0.383 e. The third-order valence-electron chi connectivity index (χ3n) is 6.80. The van der Waals surface area contributed by atoms with Crippen molar-refractivity contribution in [3.63, 3.8) is 0 Å². The first kappa shape index (κ1) is 21.2. The highest BCUT2D eigenvalue weighted by atomic mass is 19.4. The van der Waals surface area contributed by atoms with Crippen LogP contribution in [0.2, 0.25) is 0 Å². The van der Waals surface area contributed by atoms with Crippen molar-refractivity contribution < 1.29 is 17.9 Å². The van der Waals surface area contributed by atoms with E-state index in [2.05, 4.69) is 44.1 Å². The highest BCUT2D eigenvalue weighted by Crippen LogP contribution is 2.35. The molecule has 1 aliphatic carbocycles. The highest BCUT2D eigenvalue weighted by Gasteiger charge is 2.41. The number of aromatic nitrogens is 3. The average molecular weight is 445 g/mol. The fraction of sp³-hybridized carbons (Fsp3) is 0.478. The fourth-order valence-electron chi connectivity index (χ4n) is 5.30. The Morgan fingerprint density at radius 3 is 2.41 bits per heavy atom. The summed E-state index contributed by atoms with van der Waals surface area (Å²) in [6.45, 7) is 1.93. The van der Waals surface area contributed by atoms with Crippen LogP contribution in [0.3, 0.4) is 0 Å². The van der Waals surface area contributed by atoms with Crippen molar-refractivity contribution in [3.05, 3.63) is 53.5 Å². The lowest BCUT2D eigenvalue weighted by Gasteiger charge is -2.42. The van der Waals surface area contributed by atoms with Gasteiger partial charge in [0.25, 0.3) is 0 Å². The number of nitrogens with one attached hydrogen (secondary N) is 1. The van der Waals surface area contributed by atoms with Gasteiger partial charge in [0.1, 0.15) is 23.5 Å². The van der Waals surface area contributed by atoms with Crippen LogP contribution in [0.5, 0.6) is 0 Å². The normalized spacial score (nSPS) is 25.3. The lowest BCUT2D eigenvalue weighted by molar-refractivity contribution is -0.140. The van der Waals surface area contributed by atoms with Crippen LogP contribution in [0, 0.1) is 0 Å². The Kier molecular flexibility index (Phi) is 5.54. The lowest BCUT2D eigenvalue weighted by atomic mass is 9.87. The maximum Gasteiger partial charge on any atom is 0.431 e. The molecule has 2 fully saturated rings. The Labute approximate surface area is 184 Å². The molecule has 4 heterocycles. The molecule has 3 unspecified atom stereocenters. The number of hydrogen-bond acceptors (Lipinski definition) is 5. The summed E-state index contributed by atoms with van der Waals surface area (Å²) in [6.07, 6.45) is 3.23. The molecule has 3 aliphatic rings. The van der Waals surface area contributed by atoms with E-state index in [0.717, 1.165) is 31.6 Å². The standard InChI is InChI=1S/C16H21NO.C7H5F3N4/c1-2-4-13-9-14(6-5-12(13)3-1)17-15-7-8-16(17)11-18-10-15;8-7(9,10)4-1-3-5(11)12-2-13-6(3)14-4/h1-4,14-16H,5-11H2;1-2H,(H3,11,12,13,14). The van der Waals surface area contributed by atoms with Crippen LogP contribution in [-0.2, 0) is 23.8 Å². The smallest absolute Gasteiger partial charge is 0.383 e. The summed E-state index contributed by atoms with van der Waals surface area (Å²) in [5, 5.41) is 0.180. The summed E-state index contributed by atoms with van der Waals surface area (Å²) in [5.41, 5.74) is 7.75. The maximum absolute atomic E-state index is 12.2. The molecule has 3 N–H and O–H groups in total. The third-order valence-corrected chi connectivity index (χ3v) is 6.80. The van der Waals surface area contributed by atoms with Gasteiger partial charge in [-0.25, -0.2) is 9.97 Å². The van der Waals surface area contributed by atoms with Crippen LogP contribution >= 0.6 is 0 Å². The van der Waals surface area contributed by atoms with Crippen LogP contribution in [0.1, 0.15) is 36.1 Å². The molecule has 3 aromatic rings. The Bertz CT molecular complexity index is 1080. The minimum atomic E-state index is -4.42. The number of alkyl halides is 3. The van der Waals surface area contributed by atoms with Gasteiger partial charge in [0.15, 0.2) is 0 Å². The van der Waals surface area contributed by atoms with Crippen molar-refractivity contribution >= 4 is 16.9 Å². The number of ether oxygens (including phenoxy) is 1. The van der Waals surface area contributed by atoms with E-state index < -0.39 is 11.9 Å². The molecule has 0 amide bonds. The van der Waals surface area contributed by atoms with E-state index in [0.29, 0.717) is 12.1 Å². The van der Waals surface area contributed by atoms with Crippen molar-refractivity contribution in [1.82, 2.24) is 19.9 Å². The zero-order chi connectivity index (χ0) is 22.3. The lowest BCUT2D eigenvalue weighted by Crippen LogP contribution is -2.52. The van der Waals surface area contributed by atoms with Crippen LogP contribution in [-0.4, -0.2) is 51.2 Å². The van der Waals surface area contributed by atoms with Gasteiger partial charge in [0.2, 0.25) is 0 Å². The van der Waals surface area contributed by atoms with E-state index in [9.17, 15) is 13.2 Å². The van der Waals surface area contributed by atoms with Gasteiger partial charge < -0.3 is 15.5 Å². The summed E-state index contributed by atoms with van der Waals surface area (Å²) < 4.78 is 42.4. The number of nitrogens with zero attached hydrogens (tertiary/aromatic N) is 3. The predicted molar refractivity (Wildman–Crippen MR) is 115 cm³/mol.